The van der Waals surface area contributed by atoms with Gasteiger partial charge in [-0.05, 0) is 29.9 Å². The molecule has 0 bridgehead atoms. The van der Waals surface area contributed by atoms with Crippen molar-refractivity contribution in [1.29, 1.82) is 0 Å². The summed E-state index contributed by atoms with van der Waals surface area (Å²) in [5, 5.41) is 3.30. The van der Waals surface area contributed by atoms with Gasteiger partial charge in [0.15, 0.2) is 11.7 Å². The average molecular weight is 345 g/mol. The van der Waals surface area contributed by atoms with Gasteiger partial charge in [-0.25, -0.2) is 0 Å². The smallest absolute Gasteiger partial charge is 0.422 e. The van der Waals surface area contributed by atoms with E-state index in [0.717, 1.165) is 18.3 Å². The molecule has 0 aromatic heterocycles. The number of nitrogens with zero attached hydrogens (tertiary/aromatic N) is 1. The molecule has 0 atom stereocenters. The monoisotopic (exact) mass is 345 g/mol. The molecule has 1 aromatic rings. The Labute approximate surface area is 125 Å². The van der Waals surface area contributed by atoms with Crippen LogP contribution in [-0.2, 0) is 6.18 Å². The molecule has 0 amide bonds. The van der Waals surface area contributed by atoms with E-state index in [0.29, 0.717) is 6.07 Å². The molecule has 1 aromatic carbocycles. The van der Waals surface area contributed by atoms with E-state index in [1.165, 1.54) is 0 Å². The molecule has 0 radical (unpaired) electrons. The van der Waals surface area contributed by atoms with Gasteiger partial charge >= 0.3 is 12.4 Å². The number of ether oxygens (including phenoxy) is 1. The van der Waals surface area contributed by atoms with Crippen molar-refractivity contribution in [3.05, 3.63) is 29.3 Å². The Morgan fingerprint density at radius 3 is 2.41 bits per heavy atom. The normalized spacial score (nSPS) is 12.5. The van der Waals surface area contributed by atoms with Crippen LogP contribution in [0.2, 0.25) is 0 Å². The standard InChI is InChI=1S/C11H9F6N3OS/c12-10(13,14)5-21-8-3-6(4-19-20-9(18)22)1-2-7(8)11(15,16)17/h1-4H,5H2,(H3,18,20,22). The van der Waals surface area contributed by atoms with Crippen LogP contribution in [0.4, 0.5) is 26.3 Å². The van der Waals surface area contributed by atoms with Crippen LogP contribution in [0.15, 0.2) is 23.3 Å². The number of benzene rings is 1. The topological polar surface area (TPSA) is 59.6 Å². The molecule has 22 heavy (non-hydrogen) atoms. The van der Waals surface area contributed by atoms with Gasteiger partial charge in [0.05, 0.1) is 11.8 Å². The zero-order valence-electron chi connectivity index (χ0n) is 10.6. The van der Waals surface area contributed by atoms with Crippen LogP contribution in [0.25, 0.3) is 0 Å². The molecule has 11 heteroatoms. The summed E-state index contributed by atoms with van der Waals surface area (Å²) in [5.41, 5.74) is 5.96. The fourth-order valence-corrected chi connectivity index (χ4v) is 1.36. The number of rotatable bonds is 4. The SMILES string of the molecule is NC(=S)NN=Cc1ccc(C(F)(F)F)c(OCC(F)(F)F)c1. The van der Waals surface area contributed by atoms with Gasteiger partial charge in [-0.3, -0.25) is 5.43 Å². The van der Waals surface area contributed by atoms with Crippen LogP contribution >= 0.6 is 12.2 Å². The van der Waals surface area contributed by atoms with Crippen molar-refractivity contribution in [2.24, 2.45) is 10.8 Å². The maximum atomic E-state index is 12.7. The minimum atomic E-state index is -4.85. The fraction of sp³-hybridized carbons (Fsp3) is 0.273. The first-order chi connectivity index (χ1) is 9.99. The minimum absolute atomic E-state index is 0.0638. The van der Waals surface area contributed by atoms with Crippen molar-refractivity contribution in [2.75, 3.05) is 6.61 Å². The van der Waals surface area contributed by atoms with Crippen molar-refractivity contribution in [2.45, 2.75) is 12.4 Å². The molecule has 1 rings (SSSR count). The molecular weight excluding hydrogens is 336 g/mol. The first-order valence-corrected chi connectivity index (χ1v) is 5.89. The molecule has 0 saturated heterocycles. The van der Waals surface area contributed by atoms with E-state index in [2.05, 4.69) is 27.5 Å². The van der Waals surface area contributed by atoms with Gasteiger partial charge in [-0.15, -0.1) is 0 Å². The quantitative estimate of drug-likeness (QED) is 0.381. The lowest BCUT2D eigenvalue weighted by Crippen LogP contribution is -2.24. The second-order valence-corrected chi connectivity index (χ2v) is 4.33. The van der Waals surface area contributed by atoms with Crippen molar-refractivity contribution >= 4 is 23.5 Å². The third kappa shape index (κ3) is 6.16. The molecule has 3 N–H and O–H groups in total. The lowest BCUT2D eigenvalue weighted by Gasteiger charge is -2.15. The second kappa shape index (κ2) is 6.81. The van der Waals surface area contributed by atoms with Gasteiger partial charge in [-0.2, -0.15) is 31.4 Å². The number of thiocarbonyl (C=S) groups is 1. The number of hydrazone groups is 1. The number of nitrogens with two attached hydrogens (primary N) is 1. The molecule has 122 valence electrons. The Kier molecular flexibility index (Phi) is 5.58. The van der Waals surface area contributed by atoms with Gasteiger partial charge in [0.25, 0.3) is 0 Å². The molecular formula is C11H9F6N3OS. The largest absolute Gasteiger partial charge is 0.483 e. The predicted octanol–water partition coefficient (Wildman–Crippen LogP) is 2.81. The van der Waals surface area contributed by atoms with Crippen LogP contribution in [0.5, 0.6) is 5.75 Å². The van der Waals surface area contributed by atoms with Crippen LogP contribution in [0.1, 0.15) is 11.1 Å². The van der Waals surface area contributed by atoms with E-state index >= 15 is 0 Å². The van der Waals surface area contributed by atoms with Gasteiger partial charge in [0.2, 0.25) is 0 Å². The van der Waals surface area contributed by atoms with Crippen LogP contribution in [-0.4, -0.2) is 24.1 Å². The second-order valence-electron chi connectivity index (χ2n) is 3.89. The number of hydrogen-bond donors (Lipinski definition) is 2. The first kappa shape index (κ1) is 18.0. The summed E-state index contributed by atoms with van der Waals surface area (Å²) < 4.78 is 78.6. The molecule has 0 spiro atoms. The van der Waals surface area contributed by atoms with E-state index in [1.807, 2.05) is 0 Å². The minimum Gasteiger partial charge on any atom is -0.483 e. The lowest BCUT2D eigenvalue weighted by molar-refractivity contribution is -0.158. The molecule has 0 heterocycles. The summed E-state index contributed by atoms with van der Waals surface area (Å²) in [7, 11) is 0. The van der Waals surface area contributed by atoms with E-state index < -0.39 is 30.3 Å². The Morgan fingerprint density at radius 2 is 1.91 bits per heavy atom. The highest BCUT2D eigenvalue weighted by molar-refractivity contribution is 7.80. The van der Waals surface area contributed by atoms with E-state index in [9.17, 15) is 26.3 Å². The number of nitrogens with one attached hydrogen (secondary N) is 1. The van der Waals surface area contributed by atoms with E-state index in [4.69, 9.17) is 5.73 Å². The van der Waals surface area contributed by atoms with Crippen LogP contribution in [0, 0.1) is 0 Å². The summed E-state index contributed by atoms with van der Waals surface area (Å²) in [5.74, 6) is -0.955. The summed E-state index contributed by atoms with van der Waals surface area (Å²) >= 11 is 4.44. The summed E-state index contributed by atoms with van der Waals surface area (Å²) in [4.78, 5) is 0. The van der Waals surface area contributed by atoms with Gasteiger partial charge in [0, 0.05) is 0 Å². The Bertz CT molecular complexity index is 570. The van der Waals surface area contributed by atoms with Crippen molar-refractivity contribution in [1.82, 2.24) is 5.43 Å². The lowest BCUT2D eigenvalue weighted by atomic mass is 10.1. The third-order valence-electron chi connectivity index (χ3n) is 2.09. The van der Waals surface area contributed by atoms with Crippen molar-refractivity contribution < 1.29 is 31.1 Å². The molecule has 0 unspecified atom stereocenters. The molecule has 0 aliphatic rings. The molecule has 4 nitrogen and oxygen atoms in total. The van der Waals surface area contributed by atoms with Crippen LogP contribution in [0.3, 0.4) is 0 Å². The zero-order valence-corrected chi connectivity index (χ0v) is 11.4. The van der Waals surface area contributed by atoms with Gasteiger partial charge in [-0.1, -0.05) is 6.07 Å². The highest BCUT2D eigenvalue weighted by Crippen LogP contribution is 2.37. The van der Waals surface area contributed by atoms with Gasteiger partial charge in [0.1, 0.15) is 5.75 Å². The maximum Gasteiger partial charge on any atom is 0.422 e. The Balaban J connectivity index is 3.06. The average Bonchev–Trinajstić information content (AvgIpc) is 2.34. The van der Waals surface area contributed by atoms with Crippen molar-refractivity contribution in [3.8, 4) is 5.75 Å². The van der Waals surface area contributed by atoms with Gasteiger partial charge < -0.3 is 10.5 Å². The number of hydrogen-bond acceptors (Lipinski definition) is 3. The molecule has 0 aliphatic carbocycles. The molecule has 0 saturated carbocycles. The van der Waals surface area contributed by atoms with E-state index in [1.54, 1.807) is 0 Å². The molecule has 0 aliphatic heterocycles. The predicted molar refractivity (Wildman–Crippen MR) is 70.5 cm³/mol. The number of alkyl halides is 6. The fourth-order valence-electron chi connectivity index (χ4n) is 1.30. The summed E-state index contributed by atoms with van der Waals surface area (Å²) in [6.07, 6.45) is -8.59. The van der Waals surface area contributed by atoms with Crippen molar-refractivity contribution in [3.63, 3.8) is 0 Å². The molecule has 0 fully saturated rings. The first-order valence-electron chi connectivity index (χ1n) is 5.48. The highest BCUT2D eigenvalue weighted by Gasteiger charge is 2.36. The summed E-state index contributed by atoms with van der Waals surface area (Å²) in [6, 6.07) is 2.38. The Hall–Kier alpha value is -2.04. The maximum absolute atomic E-state index is 12.7. The Morgan fingerprint density at radius 1 is 1.27 bits per heavy atom. The summed E-state index contributed by atoms with van der Waals surface area (Å²) in [6.45, 7) is -1.85. The third-order valence-corrected chi connectivity index (χ3v) is 2.18. The highest BCUT2D eigenvalue weighted by atomic mass is 32.1. The van der Waals surface area contributed by atoms with Crippen LogP contribution < -0.4 is 15.9 Å². The zero-order chi connectivity index (χ0) is 17.0. The van der Waals surface area contributed by atoms with E-state index in [-0.39, 0.29) is 10.7 Å². The number of halogens is 6.